The first-order valence-corrected chi connectivity index (χ1v) is 7.91. The molecule has 0 heterocycles. The lowest BCUT2D eigenvalue weighted by Gasteiger charge is -2.22. The van der Waals surface area contributed by atoms with Crippen LogP contribution in [0.4, 0.5) is 5.69 Å². The highest BCUT2D eigenvalue weighted by Gasteiger charge is 2.32. The van der Waals surface area contributed by atoms with Crippen molar-refractivity contribution in [1.82, 2.24) is 4.90 Å². The third-order valence-corrected chi connectivity index (χ3v) is 3.71. The molecule has 0 bridgehead atoms. The van der Waals surface area contributed by atoms with Crippen LogP contribution >= 0.6 is 0 Å². The molecule has 0 aromatic heterocycles. The van der Waals surface area contributed by atoms with Crippen LogP contribution < -0.4 is 5.32 Å². The highest BCUT2D eigenvalue weighted by molar-refractivity contribution is 5.95. The quantitative estimate of drug-likeness (QED) is 0.779. The normalized spacial score (nSPS) is 14.1. The average molecular weight is 274 g/mol. The van der Waals surface area contributed by atoms with Crippen molar-refractivity contribution in [2.45, 2.75) is 52.0 Å². The van der Waals surface area contributed by atoms with Crippen LogP contribution in [0.2, 0.25) is 0 Å². The zero-order valence-corrected chi connectivity index (χ0v) is 12.7. The number of anilines is 1. The fourth-order valence-corrected chi connectivity index (χ4v) is 2.33. The lowest BCUT2D eigenvalue weighted by molar-refractivity contribution is 0.0741. The van der Waals surface area contributed by atoms with Crippen LogP contribution in [0.15, 0.2) is 24.3 Å². The number of benzene rings is 1. The van der Waals surface area contributed by atoms with Gasteiger partial charge in [-0.05, 0) is 49.9 Å². The number of carbonyl (C=O) groups excluding carboxylic acids is 1. The summed E-state index contributed by atoms with van der Waals surface area (Å²) in [6, 6.07) is 8.40. The van der Waals surface area contributed by atoms with Gasteiger partial charge in [0.15, 0.2) is 0 Å². The fraction of sp³-hybridized carbons (Fsp3) is 0.588. The standard InChI is InChI=1S/C17H26N2O/c1-3-5-13-19(16-10-11-16)17(20)14-6-8-15(9-7-14)18-12-4-2/h6-9,16,18H,3-5,10-13H2,1-2H3. The molecule has 1 aliphatic carbocycles. The third kappa shape index (κ3) is 3.99. The first-order valence-electron chi connectivity index (χ1n) is 7.91. The number of nitrogens with one attached hydrogen (secondary N) is 1. The third-order valence-electron chi connectivity index (χ3n) is 3.71. The second-order valence-electron chi connectivity index (χ2n) is 5.59. The maximum atomic E-state index is 12.6. The molecular formula is C17H26N2O. The van der Waals surface area contributed by atoms with Crippen molar-refractivity contribution in [3.05, 3.63) is 29.8 Å². The summed E-state index contributed by atoms with van der Waals surface area (Å²) >= 11 is 0. The molecule has 1 N–H and O–H groups in total. The molecule has 1 amide bonds. The zero-order valence-electron chi connectivity index (χ0n) is 12.7. The van der Waals surface area contributed by atoms with Crippen LogP contribution in [0.5, 0.6) is 0 Å². The second-order valence-corrected chi connectivity index (χ2v) is 5.59. The molecule has 1 aromatic rings. The van der Waals surface area contributed by atoms with Gasteiger partial charge in [-0.1, -0.05) is 20.3 Å². The Morgan fingerprint density at radius 2 is 1.90 bits per heavy atom. The van der Waals surface area contributed by atoms with E-state index >= 15 is 0 Å². The minimum atomic E-state index is 0.197. The summed E-state index contributed by atoms with van der Waals surface area (Å²) in [4.78, 5) is 14.6. The van der Waals surface area contributed by atoms with E-state index in [1.54, 1.807) is 0 Å². The first-order chi connectivity index (χ1) is 9.76. The topological polar surface area (TPSA) is 32.3 Å². The summed E-state index contributed by atoms with van der Waals surface area (Å²) in [7, 11) is 0. The molecule has 0 aliphatic heterocycles. The smallest absolute Gasteiger partial charge is 0.254 e. The molecule has 0 unspecified atom stereocenters. The number of carbonyl (C=O) groups is 1. The maximum absolute atomic E-state index is 12.6. The molecule has 0 spiro atoms. The van der Waals surface area contributed by atoms with Crippen LogP contribution in [-0.2, 0) is 0 Å². The Labute approximate surface area is 122 Å². The van der Waals surface area contributed by atoms with Gasteiger partial charge in [0.1, 0.15) is 0 Å². The molecule has 0 radical (unpaired) electrons. The Bertz CT molecular complexity index is 423. The Balaban J connectivity index is 1.99. The van der Waals surface area contributed by atoms with E-state index in [0.29, 0.717) is 6.04 Å². The SMILES string of the molecule is CCCCN(C(=O)c1ccc(NCCC)cc1)C1CC1. The van der Waals surface area contributed by atoms with Crippen molar-refractivity contribution in [1.29, 1.82) is 0 Å². The number of hydrogen-bond acceptors (Lipinski definition) is 2. The highest BCUT2D eigenvalue weighted by Crippen LogP contribution is 2.28. The summed E-state index contributed by atoms with van der Waals surface area (Å²) < 4.78 is 0. The minimum Gasteiger partial charge on any atom is -0.385 e. The van der Waals surface area contributed by atoms with Gasteiger partial charge in [0.25, 0.3) is 5.91 Å². The van der Waals surface area contributed by atoms with Crippen LogP contribution in [0.25, 0.3) is 0 Å². The van der Waals surface area contributed by atoms with E-state index in [9.17, 15) is 4.79 Å². The molecule has 1 fully saturated rings. The van der Waals surface area contributed by atoms with E-state index in [1.807, 2.05) is 24.3 Å². The first kappa shape index (κ1) is 14.9. The van der Waals surface area contributed by atoms with E-state index in [4.69, 9.17) is 0 Å². The van der Waals surface area contributed by atoms with Gasteiger partial charge in [0, 0.05) is 30.4 Å². The predicted octanol–water partition coefficient (Wildman–Crippen LogP) is 3.91. The summed E-state index contributed by atoms with van der Waals surface area (Å²) in [6.45, 7) is 6.18. The number of amides is 1. The molecule has 110 valence electrons. The number of rotatable bonds is 8. The van der Waals surface area contributed by atoms with E-state index < -0.39 is 0 Å². The predicted molar refractivity (Wildman–Crippen MR) is 84.2 cm³/mol. The molecular weight excluding hydrogens is 248 g/mol. The summed E-state index contributed by atoms with van der Waals surface area (Å²) in [6.07, 6.45) is 5.68. The van der Waals surface area contributed by atoms with Gasteiger partial charge in [-0.25, -0.2) is 0 Å². The summed E-state index contributed by atoms with van der Waals surface area (Å²) in [5.41, 5.74) is 1.91. The van der Waals surface area contributed by atoms with Crippen LogP contribution in [-0.4, -0.2) is 29.9 Å². The maximum Gasteiger partial charge on any atom is 0.254 e. The minimum absolute atomic E-state index is 0.197. The van der Waals surface area contributed by atoms with Crippen molar-refractivity contribution < 1.29 is 4.79 Å². The second kappa shape index (κ2) is 7.32. The van der Waals surface area contributed by atoms with E-state index in [0.717, 1.165) is 43.6 Å². The monoisotopic (exact) mass is 274 g/mol. The van der Waals surface area contributed by atoms with Crippen molar-refractivity contribution in [2.75, 3.05) is 18.4 Å². The fourth-order valence-electron chi connectivity index (χ4n) is 2.33. The molecule has 1 aliphatic rings. The zero-order chi connectivity index (χ0) is 14.4. The van der Waals surface area contributed by atoms with E-state index in [-0.39, 0.29) is 5.91 Å². The molecule has 0 atom stereocenters. The molecule has 1 saturated carbocycles. The molecule has 0 saturated heterocycles. The van der Waals surface area contributed by atoms with Crippen LogP contribution in [0.1, 0.15) is 56.3 Å². The van der Waals surface area contributed by atoms with Gasteiger partial charge in [-0.15, -0.1) is 0 Å². The van der Waals surface area contributed by atoms with Gasteiger partial charge in [0.05, 0.1) is 0 Å². The van der Waals surface area contributed by atoms with Gasteiger partial charge < -0.3 is 10.2 Å². The van der Waals surface area contributed by atoms with Crippen LogP contribution in [0.3, 0.4) is 0 Å². The molecule has 20 heavy (non-hydrogen) atoms. The Hall–Kier alpha value is -1.51. The van der Waals surface area contributed by atoms with Crippen molar-refractivity contribution in [2.24, 2.45) is 0 Å². The Morgan fingerprint density at radius 1 is 1.20 bits per heavy atom. The lowest BCUT2D eigenvalue weighted by atomic mass is 10.1. The van der Waals surface area contributed by atoms with Gasteiger partial charge in [-0.2, -0.15) is 0 Å². The van der Waals surface area contributed by atoms with E-state index in [2.05, 4.69) is 24.1 Å². The largest absolute Gasteiger partial charge is 0.385 e. The van der Waals surface area contributed by atoms with Crippen molar-refractivity contribution >= 4 is 11.6 Å². The number of unbranched alkanes of at least 4 members (excludes halogenated alkanes) is 1. The Morgan fingerprint density at radius 3 is 2.45 bits per heavy atom. The van der Waals surface area contributed by atoms with Crippen molar-refractivity contribution in [3.8, 4) is 0 Å². The van der Waals surface area contributed by atoms with Crippen molar-refractivity contribution in [3.63, 3.8) is 0 Å². The highest BCUT2D eigenvalue weighted by atomic mass is 16.2. The lowest BCUT2D eigenvalue weighted by Crippen LogP contribution is -2.33. The molecule has 3 heteroatoms. The van der Waals surface area contributed by atoms with Crippen LogP contribution in [0, 0.1) is 0 Å². The van der Waals surface area contributed by atoms with Gasteiger partial charge in [0.2, 0.25) is 0 Å². The number of nitrogens with zero attached hydrogens (tertiary/aromatic N) is 1. The summed E-state index contributed by atoms with van der Waals surface area (Å²) in [5, 5.41) is 3.33. The Kier molecular flexibility index (Phi) is 5.45. The van der Waals surface area contributed by atoms with Gasteiger partial charge >= 0.3 is 0 Å². The van der Waals surface area contributed by atoms with Gasteiger partial charge in [-0.3, -0.25) is 4.79 Å². The average Bonchev–Trinajstić information content (AvgIpc) is 3.30. The molecule has 1 aromatic carbocycles. The molecule has 3 nitrogen and oxygen atoms in total. The number of hydrogen-bond donors (Lipinski definition) is 1. The summed E-state index contributed by atoms with van der Waals surface area (Å²) in [5.74, 6) is 0.197. The van der Waals surface area contributed by atoms with E-state index in [1.165, 1.54) is 12.8 Å². The molecule has 2 rings (SSSR count).